The van der Waals surface area contributed by atoms with Crippen molar-refractivity contribution in [3.8, 4) is 0 Å². The van der Waals surface area contributed by atoms with Gasteiger partial charge >= 0.3 is 0 Å². The van der Waals surface area contributed by atoms with Crippen LogP contribution in [0.15, 0.2) is 30.3 Å². The van der Waals surface area contributed by atoms with Crippen molar-refractivity contribution in [3.05, 3.63) is 35.9 Å². The van der Waals surface area contributed by atoms with Crippen molar-refractivity contribution in [1.29, 1.82) is 0 Å². The highest BCUT2D eigenvalue weighted by Crippen LogP contribution is 2.39. The standard InChI is InChI=1S/C18H26N2/c1-2-7-15(8-3-1)17-13-20(12-14-5-4-6-14)18(11-19-17)16-9-10-16/h1-3,7-8,14,16-19H,4-6,9-13H2. The molecule has 0 spiro atoms. The molecular weight excluding hydrogens is 244 g/mol. The van der Waals surface area contributed by atoms with Gasteiger partial charge in [0.25, 0.3) is 0 Å². The van der Waals surface area contributed by atoms with Crippen molar-refractivity contribution in [2.75, 3.05) is 19.6 Å². The van der Waals surface area contributed by atoms with E-state index in [1.165, 1.54) is 57.3 Å². The van der Waals surface area contributed by atoms with Crippen molar-refractivity contribution in [1.82, 2.24) is 10.2 Å². The summed E-state index contributed by atoms with van der Waals surface area (Å²) < 4.78 is 0. The fraction of sp³-hybridized carbons (Fsp3) is 0.667. The largest absolute Gasteiger partial charge is 0.307 e. The Bertz CT molecular complexity index is 436. The van der Waals surface area contributed by atoms with Crippen LogP contribution < -0.4 is 5.32 Å². The first-order chi connectivity index (χ1) is 9.90. The number of hydrogen-bond acceptors (Lipinski definition) is 2. The Kier molecular flexibility index (Phi) is 3.53. The Morgan fingerprint density at radius 2 is 1.85 bits per heavy atom. The van der Waals surface area contributed by atoms with E-state index >= 15 is 0 Å². The van der Waals surface area contributed by atoms with Gasteiger partial charge in [0.05, 0.1) is 0 Å². The lowest BCUT2D eigenvalue weighted by atomic mass is 9.84. The number of benzene rings is 1. The van der Waals surface area contributed by atoms with E-state index in [0.29, 0.717) is 6.04 Å². The van der Waals surface area contributed by atoms with Gasteiger partial charge in [0.15, 0.2) is 0 Å². The summed E-state index contributed by atoms with van der Waals surface area (Å²) in [4.78, 5) is 2.83. The summed E-state index contributed by atoms with van der Waals surface area (Å²) in [7, 11) is 0. The van der Waals surface area contributed by atoms with Gasteiger partial charge in [-0.1, -0.05) is 36.8 Å². The predicted octanol–water partition coefficient (Wildman–Crippen LogP) is 3.21. The fourth-order valence-electron chi connectivity index (χ4n) is 3.90. The Morgan fingerprint density at radius 3 is 2.50 bits per heavy atom. The van der Waals surface area contributed by atoms with E-state index < -0.39 is 0 Å². The first-order valence-corrected chi connectivity index (χ1v) is 8.42. The van der Waals surface area contributed by atoms with Crippen LogP contribution in [0.25, 0.3) is 0 Å². The molecule has 108 valence electrons. The molecule has 2 unspecified atom stereocenters. The van der Waals surface area contributed by atoms with Crippen LogP contribution in [0.5, 0.6) is 0 Å². The van der Waals surface area contributed by atoms with Crippen LogP contribution in [-0.2, 0) is 0 Å². The van der Waals surface area contributed by atoms with E-state index in [9.17, 15) is 0 Å². The predicted molar refractivity (Wildman–Crippen MR) is 82.6 cm³/mol. The first-order valence-electron chi connectivity index (χ1n) is 8.42. The van der Waals surface area contributed by atoms with Gasteiger partial charge in [0.1, 0.15) is 0 Å². The Labute approximate surface area is 122 Å². The highest BCUT2D eigenvalue weighted by Gasteiger charge is 2.40. The van der Waals surface area contributed by atoms with Crippen LogP contribution >= 0.6 is 0 Å². The zero-order chi connectivity index (χ0) is 13.4. The van der Waals surface area contributed by atoms with Gasteiger partial charge in [-0.15, -0.1) is 0 Å². The average molecular weight is 270 g/mol. The summed E-state index contributed by atoms with van der Waals surface area (Å²) in [6, 6.07) is 12.3. The van der Waals surface area contributed by atoms with Crippen LogP contribution in [0.4, 0.5) is 0 Å². The van der Waals surface area contributed by atoms with Gasteiger partial charge in [-0.3, -0.25) is 4.90 Å². The molecule has 2 aliphatic carbocycles. The second-order valence-corrected chi connectivity index (χ2v) is 7.03. The summed E-state index contributed by atoms with van der Waals surface area (Å²) in [6.07, 6.45) is 7.33. The second-order valence-electron chi connectivity index (χ2n) is 7.03. The van der Waals surface area contributed by atoms with E-state index in [2.05, 4.69) is 40.5 Å². The summed E-state index contributed by atoms with van der Waals surface area (Å²) in [5.74, 6) is 1.98. The van der Waals surface area contributed by atoms with Crippen LogP contribution in [0, 0.1) is 11.8 Å². The normalized spacial score (nSPS) is 32.0. The molecule has 1 heterocycles. The molecule has 3 fully saturated rings. The van der Waals surface area contributed by atoms with Gasteiger partial charge in [0, 0.05) is 31.7 Å². The van der Waals surface area contributed by atoms with Crippen molar-refractivity contribution >= 4 is 0 Å². The number of hydrogen-bond donors (Lipinski definition) is 1. The van der Waals surface area contributed by atoms with Crippen LogP contribution in [0.3, 0.4) is 0 Å². The molecule has 2 saturated carbocycles. The third kappa shape index (κ3) is 2.64. The first kappa shape index (κ1) is 12.8. The van der Waals surface area contributed by atoms with Gasteiger partial charge < -0.3 is 5.32 Å². The number of nitrogens with zero attached hydrogens (tertiary/aromatic N) is 1. The molecule has 0 amide bonds. The maximum atomic E-state index is 3.80. The molecule has 1 aromatic rings. The van der Waals surface area contributed by atoms with Crippen LogP contribution in [0.1, 0.15) is 43.7 Å². The summed E-state index contributed by atoms with van der Waals surface area (Å²) in [5.41, 5.74) is 1.46. The van der Waals surface area contributed by atoms with Crippen molar-refractivity contribution < 1.29 is 0 Å². The molecule has 1 saturated heterocycles. The smallest absolute Gasteiger partial charge is 0.0449 e. The third-order valence-electron chi connectivity index (χ3n) is 5.55. The Balaban J connectivity index is 1.46. The summed E-state index contributed by atoms with van der Waals surface area (Å²) in [5, 5.41) is 3.80. The highest BCUT2D eigenvalue weighted by atomic mass is 15.2. The van der Waals surface area contributed by atoms with Gasteiger partial charge in [-0.2, -0.15) is 0 Å². The molecule has 0 aromatic heterocycles. The number of piperazine rings is 1. The molecular formula is C18H26N2. The molecule has 2 atom stereocenters. The highest BCUT2D eigenvalue weighted by molar-refractivity contribution is 5.20. The maximum absolute atomic E-state index is 3.80. The fourth-order valence-corrected chi connectivity index (χ4v) is 3.90. The summed E-state index contributed by atoms with van der Waals surface area (Å²) >= 11 is 0. The third-order valence-corrected chi connectivity index (χ3v) is 5.55. The van der Waals surface area contributed by atoms with E-state index in [0.717, 1.165) is 17.9 Å². The zero-order valence-electron chi connectivity index (χ0n) is 12.3. The van der Waals surface area contributed by atoms with E-state index in [1.54, 1.807) is 0 Å². The zero-order valence-corrected chi connectivity index (χ0v) is 12.3. The number of rotatable bonds is 4. The van der Waals surface area contributed by atoms with E-state index in [4.69, 9.17) is 0 Å². The van der Waals surface area contributed by atoms with E-state index in [1.807, 2.05) is 0 Å². The summed E-state index contributed by atoms with van der Waals surface area (Å²) in [6.45, 7) is 3.75. The molecule has 1 aromatic carbocycles. The molecule has 20 heavy (non-hydrogen) atoms. The van der Waals surface area contributed by atoms with Crippen molar-refractivity contribution in [2.45, 2.75) is 44.2 Å². The molecule has 0 radical (unpaired) electrons. The van der Waals surface area contributed by atoms with Crippen molar-refractivity contribution in [3.63, 3.8) is 0 Å². The molecule has 1 N–H and O–H groups in total. The quantitative estimate of drug-likeness (QED) is 0.904. The second kappa shape index (κ2) is 5.50. The maximum Gasteiger partial charge on any atom is 0.0449 e. The van der Waals surface area contributed by atoms with E-state index in [-0.39, 0.29) is 0 Å². The lowest BCUT2D eigenvalue weighted by Gasteiger charge is -2.44. The minimum atomic E-state index is 0.534. The van der Waals surface area contributed by atoms with Gasteiger partial charge in [0.2, 0.25) is 0 Å². The molecule has 3 aliphatic rings. The van der Waals surface area contributed by atoms with Crippen LogP contribution in [0.2, 0.25) is 0 Å². The SMILES string of the molecule is c1ccc(C2CN(CC3CCC3)C(C3CC3)CN2)cc1. The molecule has 2 heteroatoms. The Hall–Kier alpha value is -0.860. The number of nitrogens with one attached hydrogen (secondary N) is 1. The molecule has 4 rings (SSSR count). The lowest BCUT2D eigenvalue weighted by Crippen LogP contribution is -2.55. The molecule has 0 bridgehead atoms. The minimum Gasteiger partial charge on any atom is -0.307 e. The van der Waals surface area contributed by atoms with Gasteiger partial charge in [-0.25, -0.2) is 0 Å². The lowest BCUT2D eigenvalue weighted by molar-refractivity contribution is 0.0773. The van der Waals surface area contributed by atoms with Crippen molar-refractivity contribution in [2.24, 2.45) is 11.8 Å². The Morgan fingerprint density at radius 1 is 1.05 bits per heavy atom. The molecule has 1 aliphatic heterocycles. The molecule has 2 nitrogen and oxygen atoms in total. The van der Waals surface area contributed by atoms with Gasteiger partial charge in [-0.05, 0) is 43.1 Å². The average Bonchev–Trinajstić information content (AvgIpc) is 3.28. The minimum absolute atomic E-state index is 0.534. The van der Waals surface area contributed by atoms with Crippen LogP contribution in [-0.4, -0.2) is 30.6 Å². The topological polar surface area (TPSA) is 15.3 Å². The monoisotopic (exact) mass is 270 g/mol.